The highest BCUT2D eigenvalue weighted by atomic mass is 35.5. The number of rotatable bonds is 7. The van der Waals surface area contributed by atoms with Crippen molar-refractivity contribution in [1.82, 2.24) is 0 Å². The van der Waals surface area contributed by atoms with E-state index >= 15 is 0 Å². The van der Waals surface area contributed by atoms with Gasteiger partial charge in [0, 0.05) is 11.1 Å². The van der Waals surface area contributed by atoms with E-state index in [1.54, 1.807) is 31.4 Å². The molecule has 160 valence electrons. The molecule has 4 aromatic carbocycles. The highest BCUT2D eigenvalue weighted by Gasteiger charge is 2.11. The fourth-order valence-electron chi connectivity index (χ4n) is 3.37. The Morgan fingerprint density at radius 1 is 0.875 bits per heavy atom. The summed E-state index contributed by atoms with van der Waals surface area (Å²) in [6, 6.07) is 24.5. The lowest BCUT2D eigenvalue weighted by molar-refractivity contribution is 0.104. The van der Waals surface area contributed by atoms with E-state index in [1.165, 1.54) is 0 Å². The molecule has 4 rings (SSSR count). The van der Waals surface area contributed by atoms with Crippen LogP contribution in [0, 0.1) is 0 Å². The number of halogens is 2. The molecule has 0 aliphatic carbocycles. The van der Waals surface area contributed by atoms with E-state index in [-0.39, 0.29) is 12.4 Å². The lowest BCUT2D eigenvalue weighted by atomic mass is 10.0. The summed E-state index contributed by atoms with van der Waals surface area (Å²) in [5.74, 6) is 1.03. The molecule has 0 saturated carbocycles. The van der Waals surface area contributed by atoms with Crippen molar-refractivity contribution in [2.45, 2.75) is 6.61 Å². The Labute approximate surface area is 196 Å². The van der Waals surface area contributed by atoms with Crippen molar-refractivity contribution in [3.63, 3.8) is 0 Å². The maximum atomic E-state index is 12.8. The summed E-state index contributed by atoms with van der Waals surface area (Å²) in [4.78, 5) is 12.8. The number of fused-ring (bicyclic) bond motifs is 1. The van der Waals surface area contributed by atoms with Gasteiger partial charge in [-0.05, 0) is 52.8 Å². The van der Waals surface area contributed by atoms with E-state index < -0.39 is 0 Å². The Morgan fingerprint density at radius 3 is 2.47 bits per heavy atom. The minimum Gasteiger partial charge on any atom is -0.493 e. The number of methoxy groups -OCH3 is 1. The van der Waals surface area contributed by atoms with Gasteiger partial charge >= 0.3 is 0 Å². The van der Waals surface area contributed by atoms with Crippen LogP contribution < -0.4 is 9.47 Å². The smallest absolute Gasteiger partial charge is 0.185 e. The van der Waals surface area contributed by atoms with E-state index in [2.05, 4.69) is 0 Å². The minimum atomic E-state index is -0.0889. The van der Waals surface area contributed by atoms with Crippen molar-refractivity contribution < 1.29 is 14.3 Å². The predicted octanol–water partition coefficient (Wildman–Crippen LogP) is 7.63. The second kappa shape index (κ2) is 9.90. The van der Waals surface area contributed by atoms with Gasteiger partial charge in [-0.3, -0.25) is 4.79 Å². The van der Waals surface area contributed by atoms with Gasteiger partial charge in [0.1, 0.15) is 6.61 Å². The first kappa shape index (κ1) is 21.9. The zero-order chi connectivity index (χ0) is 22.5. The Hall–Kier alpha value is -3.27. The average molecular weight is 463 g/mol. The molecule has 0 radical (unpaired) electrons. The molecule has 0 atom stereocenters. The molecule has 0 fully saturated rings. The van der Waals surface area contributed by atoms with Crippen molar-refractivity contribution in [3.8, 4) is 11.5 Å². The SMILES string of the molecule is COc1cccc(/C=C/C(=O)c2ccc3ccccc3c2)c1OCc1ccc(Cl)c(Cl)c1. The molecule has 0 N–H and O–H groups in total. The second-order valence-corrected chi connectivity index (χ2v) is 7.99. The lowest BCUT2D eigenvalue weighted by Crippen LogP contribution is -2.00. The molecule has 5 heteroatoms. The van der Waals surface area contributed by atoms with Crippen LogP contribution in [0.3, 0.4) is 0 Å². The number of ether oxygens (including phenoxy) is 2. The zero-order valence-corrected chi connectivity index (χ0v) is 18.9. The van der Waals surface area contributed by atoms with Crippen LogP contribution >= 0.6 is 23.2 Å². The first-order valence-corrected chi connectivity index (χ1v) is 10.8. The summed E-state index contributed by atoms with van der Waals surface area (Å²) in [6.07, 6.45) is 3.29. The molecular formula is C27H20Cl2O3. The number of hydrogen-bond donors (Lipinski definition) is 0. The molecule has 0 bridgehead atoms. The van der Waals surface area contributed by atoms with Crippen LogP contribution in [0.15, 0.2) is 84.9 Å². The molecule has 4 aromatic rings. The van der Waals surface area contributed by atoms with E-state index in [1.807, 2.05) is 66.7 Å². The third kappa shape index (κ3) is 4.96. The highest BCUT2D eigenvalue weighted by molar-refractivity contribution is 6.42. The van der Waals surface area contributed by atoms with Crippen molar-refractivity contribution in [1.29, 1.82) is 0 Å². The molecule has 0 saturated heterocycles. The fraction of sp³-hybridized carbons (Fsp3) is 0.0741. The molecule has 0 aliphatic rings. The quantitative estimate of drug-likeness (QED) is 0.209. The van der Waals surface area contributed by atoms with Crippen molar-refractivity contribution in [2.75, 3.05) is 7.11 Å². The van der Waals surface area contributed by atoms with Crippen LogP contribution in [0.25, 0.3) is 16.8 Å². The highest BCUT2D eigenvalue weighted by Crippen LogP contribution is 2.33. The fourth-order valence-corrected chi connectivity index (χ4v) is 3.69. The van der Waals surface area contributed by atoms with E-state index in [0.717, 1.165) is 21.9 Å². The summed E-state index contributed by atoms with van der Waals surface area (Å²) in [7, 11) is 1.58. The van der Waals surface area contributed by atoms with Crippen LogP contribution in [0.2, 0.25) is 10.0 Å². The lowest BCUT2D eigenvalue weighted by Gasteiger charge is -2.14. The van der Waals surface area contributed by atoms with Gasteiger partial charge in [0.05, 0.1) is 17.2 Å². The van der Waals surface area contributed by atoms with Crippen LogP contribution in [0.5, 0.6) is 11.5 Å². The number of para-hydroxylation sites is 1. The van der Waals surface area contributed by atoms with Crippen molar-refractivity contribution in [3.05, 3.63) is 112 Å². The molecular weight excluding hydrogens is 443 g/mol. The number of benzene rings is 4. The number of carbonyl (C=O) groups is 1. The molecule has 0 spiro atoms. The van der Waals surface area contributed by atoms with Gasteiger partial charge in [-0.1, -0.05) is 77.8 Å². The van der Waals surface area contributed by atoms with Crippen molar-refractivity contribution >= 4 is 45.8 Å². The molecule has 0 heterocycles. The Balaban J connectivity index is 1.57. The van der Waals surface area contributed by atoms with Crippen LogP contribution in [0.4, 0.5) is 0 Å². The standard InChI is InChI=1S/C27H20Cl2O3/c1-31-26-8-4-7-20(27(26)32-17-18-9-13-23(28)24(29)15-18)12-14-25(30)22-11-10-19-5-2-3-6-21(19)16-22/h2-16H,17H2,1H3/b14-12+. The van der Waals surface area contributed by atoms with Gasteiger partial charge in [-0.25, -0.2) is 0 Å². The first-order chi connectivity index (χ1) is 15.5. The number of allylic oxidation sites excluding steroid dienone is 1. The van der Waals surface area contributed by atoms with Crippen LogP contribution in [-0.4, -0.2) is 12.9 Å². The average Bonchev–Trinajstić information content (AvgIpc) is 2.83. The largest absolute Gasteiger partial charge is 0.493 e. The molecule has 0 aliphatic heterocycles. The van der Waals surface area contributed by atoms with Crippen LogP contribution in [-0.2, 0) is 6.61 Å². The third-order valence-corrected chi connectivity index (χ3v) is 5.78. The zero-order valence-electron chi connectivity index (χ0n) is 17.3. The Morgan fingerprint density at radius 2 is 1.69 bits per heavy atom. The molecule has 0 amide bonds. The topological polar surface area (TPSA) is 35.5 Å². The van der Waals surface area contributed by atoms with Gasteiger partial charge in [-0.15, -0.1) is 0 Å². The molecule has 3 nitrogen and oxygen atoms in total. The maximum absolute atomic E-state index is 12.8. The Kier molecular flexibility index (Phi) is 6.79. The summed E-state index contributed by atoms with van der Waals surface area (Å²) >= 11 is 12.1. The van der Waals surface area contributed by atoms with E-state index in [4.69, 9.17) is 32.7 Å². The normalized spacial score (nSPS) is 11.1. The summed E-state index contributed by atoms with van der Waals surface area (Å²) in [6.45, 7) is 0.275. The number of hydrogen-bond acceptors (Lipinski definition) is 3. The number of carbonyl (C=O) groups excluding carboxylic acids is 1. The van der Waals surface area contributed by atoms with Gasteiger partial charge < -0.3 is 9.47 Å². The summed E-state index contributed by atoms with van der Waals surface area (Å²) in [5, 5.41) is 3.08. The Bertz CT molecular complexity index is 1310. The van der Waals surface area contributed by atoms with E-state index in [0.29, 0.717) is 27.1 Å². The monoisotopic (exact) mass is 462 g/mol. The summed E-state index contributed by atoms with van der Waals surface area (Å²) in [5.41, 5.74) is 2.23. The van der Waals surface area contributed by atoms with Gasteiger partial charge in [0.15, 0.2) is 17.3 Å². The summed E-state index contributed by atoms with van der Waals surface area (Å²) < 4.78 is 11.5. The van der Waals surface area contributed by atoms with E-state index in [9.17, 15) is 4.79 Å². The molecule has 0 aromatic heterocycles. The van der Waals surface area contributed by atoms with Crippen LogP contribution in [0.1, 0.15) is 21.5 Å². The number of ketones is 1. The molecule has 0 unspecified atom stereocenters. The second-order valence-electron chi connectivity index (χ2n) is 7.18. The van der Waals surface area contributed by atoms with Gasteiger partial charge in [-0.2, -0.15) is 0 Å². The first-order valence-electron chi connectivity index (χ1n) is 10.00. The van der Waals surface area contributed by atoms with Gasteiger partial charge in [0.25, 0.3) is 0 Å². The molecule has 32 heavy (non-hydrogen) atoms. The third-order valence-electron chi connectivity index (χ3n) is 5.04. The predicted molar refractivity (Wildman–Crippen MR) is 131 cm³/mol. The minimum absolute atomic E-state index is 0.0889. The van der Waals surface area contributed by atoms with Gasteiger partial charge in [0.2, 0.25) is 0 Å². The van der Waals surface area contributed by atoms with Crippen molar-refractivity contribution in [2.24, 2.45) is 0 Å². The maximum Gasteiger partial charge on any atom is 0.185 e.